The minimum absolute atomic E-state index is 0.733. The van der Waals surface area contributed by atoms with Crippen molar-refractivity contribution in [2.45, 2.75) is 13.3 Å². The molecule has 2 N–H and O–H groups in total. The number of benzene rings is 2. The van der Waals surface area contributed by atoms with Gasteiger partial charge in [-0.25, -0.2) is 0 Å². The Hall–Kier alpha value is -1.80. The molecule has 0 saturated carbocycles. The average Bonchev–Trinajstić information content (AvgIpc) is 2.31. The fourth-order valence-electron chi connectivity index (χ4n) is 1.79. The lowest BCUT2D eigenvalue weighted by Gasteiger charge is -2.06. The first-order valence-corrected chi connectivity index (χ1v) is 5.30. The maximum absolute atomic E-state index is 5.15. The fourth-order valence-corrected chi connectivity index (χ4v) is 1.79. The largest absolute Gasteiger partial charge is 0.411 e. The van der Waals surface area contributed by atoms with Gasteiger partial charge in [0.15, 0.2) is 0 Å². The topological polar surface area (TPSA) is 35.2 Å². The molecule has 0 aliphatic carbocycles. The van der Waals surface area contributed by atoms with Gasteiger partial charge in [0.25, 0.3) is 0 Å². The molecule has 0 amide bonds. The van der Waals surface area contributed by atoms with Crippen molar-refractivity contribution >= 4 is 0 Å². The second kappa shape index (κ2) is 4.81. The standard InChI is InChI=1S/C14H15NO/c1-11-9-13(7-8-14(11)16-15)10-12-5-3-2-4-6-12/h2-9H,10,15H2,1H3. The number of rotatable bonds is 3. The molecule has 16 heavy (non-hydrogen) atoms. The van der Waals surface area contributed by atoms with Crippen molar-refractivity contribution in [1.82, 2.24) is 0 Å². The highest BCUT2D eigenvalue weighted by Crippen LogP contribution is 2.19. The van der Waals surface area contributed by atoms with Crippen LogP contribution in [0.15, 0.2) is 48.5 Å². The summed E-state index contributed by atoms with van der Waals surface area (Å²) in [6.45, 7) is 2.00. The van der Waals surface area contributed by atoms with Gasteiger partial charge in [-0.3, -0.25) is 0 Å². The second-order valence-corrected chi connectivity index (χ2v) is 3.88. The van der Waals surface area contributed by atoms with Crippen molar-refractivity contribution in [3.05, 3.63) is 65.2 Å². The van der Waals surface area contributed by atoms with Gasteiger partial charge < -0.3 is 4.84 Å². The highest BCUT2D eigenvalue weighted by molar-refractivity contribution is 5.38. The maximum atomic E-state index is 5.15. The molecule has 2 aromatic rings. The van der Waals surface area contributed by atoms with Gasteiger partial charge in [-0.05, 0) is 36.1 Å². The summed E-state index contributed by atoms with van der Waals surface area (Å²) in [5.41, 5.74) is 3.64. The highest BCUT2D eigenvalue weighted by Gasteiger charge is 2.01. The van der Waals surface area contributed by atoms with Gasteiger partial charge in [0.1, 0.15) is 5.75 Å². The van der Waals surface area contributed by atoms with E-state index in [1.165, 1.54) is 11.1 Å². The maximum Gasteiger partial charge on any atom is 0.149 e. The Morgan fingerprint density at radius 2 is 1.75 bits per heavy atom. The lowest BCUT2D eigenvalue weighted by Crippen LogP contribution is -2.03. The van der Waals surface area contributed by atoms with E-state index in [9.17, 15) is 0 Å². The van der Waals surface area contributed by atoms with E-state index in [1.54, 1.807) is 0 Å². The predicted octanol–water partition coefficient (Wildman–Crippen LogP) is 2.84. The molecular weight excluding hydrogens is 198 g/mol. The Balaban J connectivity index is 2.20. The first kappa shape index (κ1) is 10.7. The molecule has 2 rings (SSSR count). The van der Waals surface area contributed by atoms with Crippen LogP contribution in [0.2, 0.25) is 0 Å². The summed E-state index contributed by atoms with van der Waals surface area (Å²) in [7, 11) is 0. The molecule has 0 unspecified atom stereocenters. The summed E-state index contributed by atoms with van der Waals surface area (Å²) in [4.78, 5) is 4.75. The Labute approximate surface area is 95.6 Å². The second-order valence-electron chi connectivity index (χ2n) is 3.88. The average molecular weight is 213 g/mol. The highest BCUT2D eigenvalue weighted by atomic mass is 16.6. The molecule has 2 nitrogen and oxygen atoms in total. The van der Waals surface area contributed by atoms with Crippen molar-refractivity contribution in [2.75, 3.05) is 0 Å². The summed E-state index contributed by atoms with van der Waals surface area (Å²) >= 11 is 0. The normalized spacial score (nSPS) is 10.1. The van der Waals surface area contributed by atoms with E-state index in [0.29, 0.717) is 0 Å². The molecule has 0 spiro atoms. The molecule has 0 atom stereocenters. The Morgan fingerprint density at radius 1 is 1.00 bits per heavy atom. The molecule has 0 aliphatic rings. The minimum atomic E-state index is 0.733. The van der Waals surface area contributed by atoms with Crippen LogP contribution in [-0.2, 0) is 6.42 Å². The van der Waals surface area contributed by atoms with E-state index >= 15 is 0 Å². The molecule has 0 bridgehead atoms. The smallest absolute Gasteiger partial charge is 0.149 e. The van der Waals surface area contributed by atoms with Crippen LogP contribution in [-0.4, -0.2) is 0 Å². The molecule has 0 heterocycles. The molecule has 0 saturated heterocycles. The summed E-state index contributed by atoms with van der Waals surface area (Å²) in [5.74, 6) is 5.89. The van der Waals surface area contributed by atoms with E-state index in [1.807, 2.05) is 25.1 Å². The number of hydrogen-bond acceptors (Lipinski definition) is 2. The van der Waals surface area contributed by atoms with Crippen LogP contribution >= 0.6 is 0 Å². The van der Waals surface area contributed by atoms with Gasteiger partial charge in [0, 0.05) is 0 Å². The predicted molar refractivity (Wildman–Crippen MR) is 65.2 cm³/mol. The molecule has 0 aliphatic heterocycles. The van der Waals surface area contributed by atoms with Crippen LogP contribution in [0.5, 0.6) is 5.75 Å². The monoisotopic (exact) mass is 213 g/mol. The van der Waals surface area contributed by atoms with Crippen LogP contribution in [0.4, 0.5) is 0 Å². The van der Waals surface area contributed by atoms with Crippen LogP contribution in [0.25, 0.3) is 0 Å². The van der Waals surface area contributed by atoms with Crippen molar-refractivity contribution in [3.8, 4) is 5.75 Å². The Bertz CT molecular complexity index is 465. The third kappa shape index (κ3) is 2.41. The first-order chi connectivity index (χ1) is 7.79. The number of aryl methyl sites for hydroxylation is 1. The van der Waals surface area contributed by atoms with E-state index in [0.717, 1.165) is 17.7 Å². The molecular formula is C14H15NO. The Morgan fingerprint density at radius 3 is 2.38 bits per heavy atom. The van der Waals surface area contributed by atoms with Crippen LogP contribution < -0.4 is 10.7 Å². The third-order valence-corrected chi connectivity index (χ3v) is 2.62. The van der Waals surface area contributed by atoms with Crippen molar-refractivity contribution in [2.24, 2.45) is 5.90 Å². The van der Waals surface area contributed by atoms with Crippen molar-refractivity contribution in [3.63, 3.8) is 0 Å². The van der Waals surface area contributed by atoms with Gasteiger partial charge in [-0.2, -0.15) is 5.90 Å². The van der Waals surface area contributed by atoms with Gasteiger partial charge in [0.2, 0.25) is 0 Å². The zero-order chi connectivity index (χ0) is 11.4. The SMILES string of the molecule is Cc1cc(Cc2ccccc2)ccc1ON. The third-order valence-electron chi connectivity index (χ3n) is 2.62. The Kier molecular flexibility index (Phi) is 3.22. The van der Waals surface area contributed by atoms with Gasteiger partial charge in [-0.1, -0.05) is 42.5 Å². The molecule has 2 heteroatoms. The van der Waals surface area contributed by atoms with E-state index < -0.39 is 0 Å². The van der Waals surface area contributed by atoms with Gasteiger partial charge >= 0.3 is 0 Å². The lowest BCUT2D eigenvalue weighted by atomic mass is 10.0. The summed E-state index contributed by atoms with van der Waals surface area (Å²) in [6, 6.07) is 16.5. The number of hydrogen-bond donors (Lipinski definition) is 1. The van der Waals surface area contributed by atoms with Crippen molar-refractivity contribution in [1.29, 1.82) is 0 Å². The molecule has 2 aromatic carbocycles. The molecule has 0 aromatic heterocycles. The van der Waals surface area contributed by atoms with E-state index in [4.69, 9.17) is 10.7 Å². The molecule has 82 valence electrons. The minimum Gasteiger partial charge on any atom is -0.411 e. The summed E-state index contributed by atoms with van der Waals surface area (Å²) < 4.78 is 0. The first-order valence-electron chi connectivity index (χ1n) is 5.30. The van der Waals surface area contributed by atoms with Crippen molar-refractivity contribution < 1.29 is 4.84 Å². The number of nitrogens with two attached hydrogens (primary N) is 1. The molecule has 0 fully saturated rings. The van der Waals surface area contributed by atoms with Gasteiger partial charge in [0.05, 0.1) is 0 Å². The summed E-state index contributed by atoms with van der Waals surface area (Å²) in [6.07, 6.45) is 0.937. The lowest BCUT2D eigenvalue weighted by molar-refractivity contribution is 0.332. The zero-order valence-corrected chi connectivity index (χ0v) is 9.31. The summed E-state index contributed by atoms with van der Waals surface area (Å²) in [5, 5.41) is 0. The molecule has 0 radical (unpaired) electrons. The van der Waals surface area contributed by atoms with Crippen LogP contribution in [0.3, 0.4) is 0 Å². The van der Waals surface area contributed by atoms with Crippen LogP contribution in [0, 0.1) is 6.92 Å². The van der Waals surface area contributed by atoms with Crippen LogP contribution in [0.1, 0.15) is 16.7 Å². The zero-order valence-electron chi connectivity index (χ0n) is 9.31. The fraction of sp³-hybridized carbons (Fsp3) is 0.143. The quantitative estimate of drug-likeness (QED) is 0.796. The van der Waals surface area contributed by atoms with Gasteiger partial charge in [-0.15, -0.1) is 0 Å². The van der Waals surface area contributed by atoms with E-state index in [-0.39, 0.29) is 0 Å². The van der Waals surface area contributed by atoms with E-state index in [2.05, 4.69) is 30.3 Å².